The molecule has 0 saturated heterocycles. The van der Waals surface area contributed by atoms with Gasteiger partial charge in [0.25, 0.3) is 0 Å². The van der Waals surface area contributed by atoms with Gasteiger partial charge in [0.15, 0.2) is 0 Å². The Bertz CT molecular complexity index is 577. The molecule has 0 unspecified atom stereocenters. The molecule has 118 valence electrons. The molecular weight excluding hydrogens is 320 g/mol. The monoisotopic (exact) mass is 338 g/mol. The lowest BCUT2D eigenvalue weighted by atomic mass is 10.0. The number of rotatable bonds is 4. The molecular formula is C16H18O4S2. The van der Waals surface area contributed by atoms with E-state index >= 15 is 0 Å². The minimum atomic E-state index is -0.501. The summed E-state index contributed by atoms with van der Waals surface area (Å²) in [6, 6.07) is 8.23. The lowest BCUT2D eigenvalue weighted by Gasteiger charge is -2.11. The Balaban J connectivity index is 2.23. The molecule has 0 atom stereocenters. The summed E-state index contributed by atoms with van der Waals surface area (Å²) in [5.74, 6) is -0.536. The summed E-state index contributed by atoms with van der Waals surface area (Å²) in [7, 11) is 2.61. The predicted octanol–water partition coefficient (Wildman–Crippen LogP) is 3.85. The molecule has 1 aromatic carbocycles. The molecule has 1 aromatic rings. The van der Waals surface area contributed by atoms with Gasteiger partial charge in [-0.2, -0.15) is 0 Å². The maximum absolute atomic E-state index is 11.8. The van der Waals surface area contributed by atoms with E-state index in [-0.39, 0.29) is 4.58 Å². The number of benzene rings is 1. The summed E-state index contributed by atoms with van der Waals surface area (Å²) in [6.45, 7) is 4.28. The van der Waals surface area contributed by atoms with Gasteiger partial charge >= 0.3 is 11.9 Å². The van der Waals surface area contributed by atoms with E-state index in [0.717, 1.165) is 5.56 Å². The third-order valence-electron chi connectivity index (χ3n) is 3.27. The second kappa shape index (κ2) is 7.24. The van der Waals surface area contributed by atoms with Gasteiger partial charge in [0.05, 0.1) is 18.8 Å². The van der Waals surface area contributed by atoms with Crippen LogP contribution in [0, 0.1) is 0 Å². The number of carbonyl (C=O) groups is 2. The molecule has 0 bridgehead atoms. The highest BCUT2D eigenvalue weighted by atomic mass is 32.2. The fraction of sp³-hybridized carbons (Fsp3) is 0.375. The smallest absolute Gasteiger partial charge is 0.345 e. The van der Waals surface area contributed by atoms with Crippen molar-refractivity contribution in [3.8, 4) is 0 Å². The fourth-order valence-electron chi connectivity index (χ4n) is 1.99. The first kappa shape index (κ1) is 17.0. The zero-order valence-electron chi connectivity index (χ0n) is 12.9. The Morgan fingerprint density at radius 3 is 1.77 bits per heavy atom. The molecule has 0 aromatic heterocycles. The van der Waals surface area contributed by atoms with Gasteiger partial charge < -0.3 is 9.47 Å². The lowest BCUT2D eigenvalue weighted by molar-refractivity contribution is -0.138. The van der Waals surface area contributed by atoms with Crippen molar-refractivity contribution < 1.29 is 19.1 Å². The first-order chi connectivity index (χ1) is 10.5. The van der Waals surface area contributed by atoms with Crippen LogP contribution in [0.2, 0.25) is 0 Å². The highest BCUT2D eigenvalue weighted by molar-refractivity contribution is 8.23. The molecule has 0 spiro atoms. The molecule has 1 heterocycles. The summed E-state index contributed by atoms with van der Waals surface area (Å²) in [6.07, 6.45) is 0. The van der Waals surface area contributed by atoms with Gasteiger partial charge in [0.1, 0.15) is 9.81 Å². The van der Waals surface area contributed by atoms with Crippen molar-refractivity contribution in [2.45, 2.75) is 24.3 Å². The highest BCUT2D eigenvalue weighted by Crippen LogP contribution is 2.55. The fourth-order valence-corrected chi connectivity index (χ4v) is 4.80. The number of ether oxygens (including phenoxy) is 2. The second-order valence-corrected chi connectivity index (χ2v) is 7.56. The molecule has 0 aliphatic carbocycles. The van der Waals surface area contributed by atoms with E-state index in [1.807, 2.05) is 12.1 Å². The Labute approximate surface area is 138 Å². The van der Waals surface area contributed by atoms with Crippen LogP contribution in [0.3, 0.4) is 0 Å². The maximum atomic E-state index is 11.8. The average Bonchev–Trinajstić information content (AvgIpc) is 2.98. The van der Waals surface area contributed by atoms with Crippen LogP contribution in [0.25, 0.3) is 0 Å². The van der Waals surface area contributed by atoms with Crippen LogP contribution in [0.1, 0.15) is 35.5 Å². The Hall–Kier alpha value is -1.40. The maximum Gasteiger partial charge on any atom is 0.345 e. The van der Waals surface area contributed by atoms with E-state index in [1.54, 1.807) is 0 Å². The first-order valence-electron chi connectivity index (χ1n) is 6.82. The van der Waals surface area contributed by atoms with Crippen LogP contribution in [0.5, 0.6) is 0 Å². The van der Waals surface area contributed by atoms with Gasteiger partial charge in [0, 0.05) is 0 Å². The van der Waals surface area contributed by atoms with Crippen molar-refractivity contribution in [1.82, 2.24) is 0 Å². The quantitative estimate of drug-likeness (QED) is 0.777. The summed E-state index contributed by atoms with van der Waals surface area (Å²) in [5.41, 5.74) is 2.31. The van der Waals surface area contributed by atoms with Crippen molar-refractivity contribution in [3.63, 3.8) is 0 Å². The van der Waals surface area contributed by atoms with Gasteiger partial charge in [-0.25, -0.2) is 9.59 Å². The largest absolute Gasteiger partial charge is 0.465 e. The molecule has 6 heteroatoms. The number of carbonyl (C=O) groups excluding carboxylic acids is 2. The molecule has 1 aliphatic heterocycles. The van der Waals surface area contributed by atoms with E-state index in [9.17, 15) is 9.59 Å². The van der Waals surface area contributed by atoms with E-state index < -0.39 is 11.9 Å². The highest BCUT2D eigenvalue weighted by Gasteiger charge is 2.36. The predicted molar refractivity (Wildman–Crippen MR) is 89.5 cm³/mol. The minimum absolute atomic E-state index is 0.0515. The molecule has 0 saturated carbocycles. The Kier molecular flexibility index (Phi) is 5.58. The van der Waals surface area contributed by atoms with E-state index in [2.05, 4.69) is 26.0 Å². The molecule has 2 rings (SSSR count). The normalized spacial score (nSPS) is 15.3. The number of esters is 2. The van der Waals surface area contributed by atoms with Crippen molar-refractivity contribution >= 4 is 35.5 Å². The van der Waals surface area contributed by atoms with Crippen molar-refractivity contribution in [3.05, 3.63) is 45.2 Å². The average molecular weight is 338 g/mol. The van der Waals surface area contributed by atoms with Crippen molar-refractivity contribution in [1.29, 1.82) is 0 Å². The molecule has 22 heavy (non-hydrogen) atoms. The summed E-state index contributed by atoms with van der Waals surface area (Å²) >= 11 is 2.66. The Morgan fingerprint density at radius 2 is 1.41 bits per heavy atom. The second-order valence-electron chi connectivity index (χ2n) is 5.03. The molecule has 0 radical (unpaired) electrons. The number of methoxy groups -OCH3 is 2. The summed E-state index contributed by atoms with van der Waals surface area (Å²) < 4.78 is 9.46. The van der Waals surface area contributed by atoms with Gasteiger partial charge in [-0.1, -0.05) is 61.6 Å². The van der Waals surface area contributed by atoms with Crippen LogP contribution in [0.4, 0.5) is 0 Å². The zero-order valence-corrected chi connectivity index (χ0v) is 14.5. The van der Waals surface area contributed by atoms with E-state index in [1.165, 1.54) is 43.3 Å². The van der Waals surface area contributed by atoms with E-state index in [0.29, 0.717) is 15.7 Å². The van der Waals surface area contributed by atoms with Gasteiger partial charge in [-0.05, 0) is 17.0 Å². The lowest BCUT2D eigenvalue weighted by Crippen LogP contribution is -2.08. The van der Waals surface area contributed by atoms with Crippen LogP contribution in [-0.4, -0.2) is 26.2 Å². The zero-order chi connectivity index (χ0) is 16.3. The molecule has 0 N–H and O–H groups in total. The molecule has 4 nitrogen and oxygen atoms in total. The third-order valence-corrected chi connectivity index (χ3v) is 6.16. The summed E-state index contributed by atoms with van der Waals surface area (Å²) in [4.78, 5) is 24.3. The molecule has 0 amide bonds. The topological polar surface area (TPSA) is 52.6 Å². The molecule has 1 aliphatic rings. The summed E-state index contributed by atoms with van der Waals surface area (Å²) in [5, 5.41) is 0. The van der Waals surface area contributed by atoms with Gasteiger partial charge in [-0.15, -0.1) is 0 Å². The first-order valence-corrected chi connectivity index (χ1v) is 8.58. The number of hydrogen-bond donors (Lipinski definition) is 0. The molecule has 0 fully saturated rings. The Morgan fingerprint density at radius 1 is 0.955 bits per heavy atom. The standard InChI is InChI=1S/C16H18O4S2/c1-9(2)10-5-7-11(8-6-10)16-21-12(14(17)19-3)13(22-16)15(18)20-4/h5-9,16H,1-4H3. The van der Waals surface area contributed by atoms with Crippen molar-refractivity contribution in [2.75, 3.05) is 14.2 Å². The number of thioether (sulfide) groups is 2. The van der Waals surface area contributed by atoms with Crippen LogP contribution in [-0.2, 0) is 19.1 Å². The SMILES string of the molecule is COC(=O)C1=C(C(=O)OC)SC(c2ccc(C(C)C)cc2)S1. The van der Waals surface area contributed by atoms with Gasteiger partial charge in [-0.3, -0.25) is 0 Å². The van der Waals surface area contributed by atoms with Crippen LogP contribution >= 0.6 is 23.5 Å². The van der Waals surface area contributed by atoms with Crippen molar-refractivity contribution in [2.24, 2.45) is 0 Å². The third kappa shape index (κ3) is 3.50. The minimum Gasteiger partial charge on any atom is -0.465 e. The number of hydrogen-bond acceptors (Lipinski definition) is 6. The van der Waals surface area contributed by atoms with E-state index in [4.69, 9.17) is 9.47 Å². The van der Waals surface area contributed by atoms with Crippen LogP contribution < -0.4 is 0 Å². The van der Waals surface area contributed by atoms with Crippen LogP contribution in [0.15, 0.2) is 34.1 Å². The van der Waals surface area contributed by atoms with Gasteiger partial charge in [0.2, 0.25) is 0 Å².